The number of carbonyl (C=O) groups excluding carboxylic acids is 1. The highest BCUT2D eigenvalue weighted by Crippen LogP contribution is 2.30. The van der Waals surface area contributed by atoms with Crippen molar-refractivity contribution in [3.05, 3.63) is 41.3 Å². The fraction of sp³-hybridized carbons (Fsp3) is 0.200. The molecule has 1 aliphatic rings. The highest BCUT2D eigenvalue weighted by Gasteiger charge is 2.27. The molecule has 3 aromatic rings. The lowest BCUT2D eigenvalue weighted by Gasteiger charge is -2.08. The molecule has 1 aromatic carbocycles. The number of aromatic nitrogens is 4. The molecule has 6 nitrogen and oxygen atoms in total. The van der Waals surface area contributed by atoms with Gasteiger partial charge in [0.05, 0.1) is 5.56 Å². The number of carbonyl (C=O) groups is 1. The Hall–Kier alpha value is -2.83. The van der Waals surface area contributed by atoms with Crippen molar-refractivity contribution in [3.8, 4) is 23.0 Å². The molecule has 0 bridgehead atoms. The number of halogens is 1. The maximum atomic E-state index is 12.9. The number of aryl methyl sites for hydroxylation is 1. The zero-order valence-corrected chi connectivity index (χ0v) is 11.5. The summed E-state index contributed by atoms with van der Waals surface area (Å²) in [6.07, 6.45) is 2.10. The molecular formula is C15H11FN4O2. The molecule has 1 N–H and O–H groups in total. The van der Waals surface area contributed by atoms with Crippen molar-refractivity contribution in [1.82, 2.24) is 20.4 Å². The summed E-state index contributed by atoms with van der Waals surface area (Å²) in [4.78, 5) is 12.1. The molecule has 7 heteroatoms. The summed E-state index contributed by atoms with van der Waals surface area (Å²) in [6.45, 7) is 0. The number of aromatic amines is 1. The average molecular weight is 298 g/mol. The second-order valence-corrected chi connectivity index (χ2v) is 5.12. The molecule has 0 saturated carbocycles. The van der Waals surface area contributed by atoms with Crippen LogP contribution in [-0.2, 0) is 6.42 Å². The Balaban J connectivity index is 1.75. The first kappa shape index (κ1) is 12.9. The number of Topliss-reactive ketones (excluding diaryl/α,β-unsaturated/α-hetero) is 1. The molecule has 0 amide bonds. The zero-order valence-electron chi connectivity index (χ0n) is 11.5. The number of hydrogen-bond donors (Lipinski definition) is 1. The molecule has 0 aliphatic heterocycles. The second-order valence-electron chi connectivity index (χ2n) is 5.12. The number of nitrogens with zero attached hydrogens (tertiary/aromatic N) is 3. The number of fused-ring (bicyclic) bond motifs is 1. The van der Waals surface area contributed by atoms with Crippen LogP contribution in [0.1, 0.15) is 28.9 Å². The van der Waals surface area contributed by atoms with E-state index < -0.39 is 0 Å². The van der Waals surface area contributed by atoms with Gasteiger partial charge in [0, 0.05) is 17.7 Å². The van der Waals surface area contributed by atoms with E-state index in [9.17, 15) is 9.18 Å². The Labute approximate surface area is 124 Å². The van der Waals surface area contributed by atoms with Crippen LogP contribution in [0.15, 0.2) is 28.7 Å². The maximum Gasteiger partial charge on any atom is 0.269 e. The number of ketones is 1. The first-order valence-electron chi connectivity index (χ1n) is 6.92. The van der Waals surface area contributed by atoms with Crippen LogP contribution in [0.4, 0.5) is 4.39 Å². The quantitative estimate of drug-likeness (QED) is 0.786. The maximum absolute atomic E-state index is 12.9. The molecule has 2 aromatic heterocycles. The fourth-order valence-electron chi connectivity index (χ4n) is 2.59. The van der Waals surface area contributed by atoms with Gasteiger partial charge in [0.25, 0.3) is 5.89 Å². The lowest BCUT2D eigenvalue weighted by molar-refractivity contribution is 0.0973. The van der Waals surface area contributed by atoms with Crippen LogP contribution in [0.3, 0.4) is 0 Å². The molecule has 0 radical (unpaired) electrons. The summed E-state index contributed by atoms with van der Waals surface area (Å²) in [5.41, 5.74) is 2.35. The number of rotatable bonds is 2. The van der Waals surface area contributed by atoms with Gasteiger partial charge in [0.1, 0.15) is 5.82 Å². The monoisotopic (exact) mass is 298 g/mol. The molecular weight excluding hydrogens is 287 g/mol. The lowest BCUT2D eigenvalue weighted by Crippen LogP contribution is -2.10. The molecule has 4 rings (SSSR count). The fourth-order valence-corrected chi connectivity index (χ4v) is 2.59. The first-order valence-corrected chi connectivity index (χ1v) is 6.92. The molecule has 0 saturated heterocycles. The molecule has 0 atom stereocenters. The third-order valence-electron chi connectivity index (χ3n) is 3.67. The predicted molar refractivity (Wildman–Crippen MR) is 74.5 cm³/mol. The highest BCUT2D eigenvalue weighted by atomic mass is 19.1. The summed E-state index contributed by atoms with van der Waals surface area (Å²) < 4.78 is 18.5. The third kappa shape index (κ3) is 2.02. The Morgan fingerprint density at radius 3 is 2.68 bits per heavy atom. The van der Waals surface area contributed by atoms with Gasteiger partial charge in [0.15, 0.2) is 11.5 Å². The van der Waals surface area contributed by atoms with Crippen molar-refractivity contribution in [3.63, 3.8) is 0 Å². The highest BCUT2D eigenvalue weighted by molar-refractivity contribution is 6.02. The number of nitrogens with one attached hydrogen (secondary N) is 1. The van der Waals surface area contributed by atoms with Gasteiger partial charge in [-0.25, -0.2) is 4.39 Å². The van der Waals surface area contributed by atoms with E-state index in [1.165, 1.54) is 12.1 Å². The van der Waals surface area contributed by atoms with Crippen molar-refractivity contribution in [2.75, 3.05) is 0 Å². The Morgan fingerprint density at radius 1 is 1.09 bits per heavy atom. The van der Waals surface area contributed by atoms with Gasteiger partial charge in [-0.3, -0.25) is 9.89 Å². The SMILES string of the molecule is O=C1CCCc2[nH]nc(-c3nnc(-c4ccc(F)cc4)o3)c21. The molecule has 22 heavy (non-hydrogen) atoms. The minimum atomic E-state index is -0.338. The van der Waals surface area contributed by atoms with Crippen molar-refractivity contribution >= 4 is 5.78 Å². The topological polar surface area (TPSA) is 84.7 Å². The Kier molecular flexibility index (Phi) is 2.85. The van der Waals surface area contributed by atoms with Crippen molar-refractivity contribution < 1.29 is 13.6 Å². The van der Waals surface area contributed by atoms with E-state index in [2.05, 4.69) is 20.4 Å². The van der Waals surface area contributed by atoms with Gasteiger partial charge >= 0.3 is 0 Å². The predicted octanol–water partition coefficient (Wildman–Crippen LogP) is 2.78. The minimum Gasteiger partial charge on any atom is -0.415 e. The van der Waals surface area contributed by atoms with Gasteiger partial charge in [-0.15, -0.1) is 10.2 Å². The molecule has 2 heterocycles. The van der Waals surface area contributed by atoms with Crippen LogP contribution in [0, 0.1) is 5.82 Å². The number of H-pyrrole nitrogens is 1. The second kappa shape index (κ2) is 4.87. The van der Waals surface area contributed by atoms with E-state index in [4.69, 9.17) is 4.42 Å². The van der Waals surface area contributed by atoms with Gasteiger partial charge in [-0.1, -0.05) is 0 Å². The number of hydrogen-bond acceptors (Lipinski definition) is 5. The van der Waals surface area contributed by atoms with Crippen LogP contribution < -0.4 is 0 Å². The first-order chi connectivity index (χ1) is 10.7. The molecule has 1 aliphatic carbocycles. The average Bonchev–Trinajstić information content (AvgIpc) is 3.15. The van der Waals surface area contributed by atoms with Gasteiger partial charge in [0.2, 0.25) is 5.89 Å². The van der Waals surface area contributed by atoms with E-state index in [1.54, 1.807) is 12.1 Å². The molecule has 0 unspecified atom stereocenters. The summed E-state index contributed by atoms with van der Waals surface area (Å²) in [5.74, 6) is 0.143. The number of benzene rings is 1. The van der Waals surface area contributed by atoms with Crippen LogP contribution in [0.25, 0.3) is 23.0 Å². The lowest BCUT2D eigenvalue weighted by atomic mass is 9.94. The smallest absolute Gasteiger partial charge is 0.269 e. The van der Waals surface area contributed by atoms with Gasteiger partial charge in [-0.05, 0) is 37.1 Å². The summed E-state index contributed by atoms with van der Waals surface area (Å²) in [7, 11) is 0. The standard InChI is InChI=1S/C15H11FN4O2/c16-9-6-4-8(5-7-9)14-19-20-15(22-14)13-12-10(17-18-13)2-1-3-11(12)21/h4-7H,1-3H2,(H,17,18). The van der Waals surface area contributed by atoms with E-state index >= 15 is 0 Å². The molecule has 0 fully saturated rings. The van der Waals surface area contributed by atoms with Gasteiger partial charge < -0.3 is 4.42 Å². The van der Waals surface area contributed by atoms with Crippen molar-refractivity contribution in [1.29, 1.82) is 0 Å². The summed E-state index contributed by atoms with van der Waals surface area (Å²) in [6, 6.07) is 5.74. The van der Waals surface area contributed by atoms with Crippen molar-refractivity contribution in [2.45, 2.75) is 19.3 Å². The Bertz CT molecular complexity index is 851. The van der Waals surface area contributed by atoms with Crippen LogP contribution in [0.2, 0.25) is 0 Å². The normalized spacial score (nSPS) is 14.1. The minimum absolute atomic E-state index is 0.0338. The molecule has 0 spiro atoms. The van der Waals surface area contributed by atoms with Crippen LogP contribution in [-0.4, -0.2) is 26.2 Å². The van der Waals surface area contributed by atoms with Crippen LogP contribution in [0.5, 0.6) is 0 Å². The van der Waals surface area contributed by atoms with E-state index in [0.717, 1.165) is 18.5 Å². The Morgan fingerprint density at radius 2 is 1.86 bits per heavy atom. The molecule has 110 valence electrons. The largest absolute Gasteiger partial charge is 0.415 e. The van der Waals surface area contributed by atoms with Crippen LogP contribution >= 0.6 is 0 Å². The zero-order chi connectivity index (χ0) is 15.1. The summed E-state index contributed by atoms with van der Waals surface area (Å²) >= 11 is 0. The van der Waals surface area contributed by atoms with Gasteiger partial charge in [-0.2, -0.15) is 5.10 Å². The van der Waals surface area contributed by atoms with E-state index in [1.807, 2.05) is 0 Å². The summed E-state index contributed by atoms with van der Waals surface area (Å²) in [5, 5.41) is 14.9. The van der Waals surface area contributed by atoms with E-state index in [-0.39, 0.29) is 23.4 Å². The van der Waals surface area contributed by atoms with E-state index in [0.29, 0.717) is 23.2 Å². The third-order valence-corrected chi connectivity index (χ3v) is 3.67. The van der Waals surface area contributed by atoms with Crippen molar-refractivity contribution in [2.24, 2.45) is 0 Å².